The third-order valence-electron chi connectivity index (χ3n) is 5.24. The Hall–Kier alpha value is -0.970. The fraction of sp³-hybridized carbons (Fsp3) is 0.611. The van der Waals surface area contributed by atoms with Crippen molar-refractivity contribution in [1.82, 2.24) is 4.90 Å². The number of piperazine rings is 1. The van der Waals surface area contributed by atoms with E-state index in [4.69, 9.17) is 5.73 Å². The summed E-state index contributed by atoms with van der Waals surface area (Å²) in [5, 5.41) is 0. The van der Waals surface area contributed by atoms with Gasteiger partial charge in [-0.3, -0.25) is 4.79 Å². The molecule has 0 spiro atoms. The number of aryl methyl sites for hydroxylation is 1. The van der Waals surface area contributed by atoms with Gasteiger partial charge in [0.15, 0.2) is 0 Å². The number of nitrogens with two attached hydrogens (primary N) is 1. The Bertz CT molecular complexity index is 533. The van der Waals surface area contributed by atoms with E-state index in [0.717, 1.165) is 45.4 Å². The maximum absolute atomic E-state index is 12.7. The van der Waals surface area contributed by atoms with Crippen LogP contribution < -0.4 is 10.6 Å². The van der Waals surface area contributed by atoms with E-state index < -0.39 is 0 Å². The summed E-state index contributed by atoms with van der Waals surface area (Å²) < 4.78 is 0. The van der Waals surface area contributed by atoms with Crippen molar-refractivity contribution in [3.63, 3.8) is 0 Å². The molecule has 0 unspecified atom stereocenters. The van der Waals surface area contributed by atoms with Crippen LogP contribution in [0.5, 0.6) is 0 Å². The molecule has 1 heterocycles. The van der Waals surface area contributed by atoms with Gasteiger partial charge in [0.2, 0.25) is 5.91 Å². The van der Waals surface area contributed by atoms with Gasteiger partial charge in [-0.15, -0.1) is 24.8 Å². The molecule has 1 saturated heterocycles. The van der Waals surface area contributed by atoms with E-state index in [-0.39, 0.29) is 30.7 Å². The van der Waals surface area contributed by atoms with Gasteiger partial charge in [0.05, 0.1) is 0 Å². The van der Waals surface area contributed by atoms with E-state index in [0.29, 0.717) is 18.4 Å². The molecule has 1 saturated carbocycles. The third-order valence-corrected chi connectivity index (χ3v) is 5.24. The number of hydrogen-bond acceptors (Lipinski definition) is 3. The van der Waals surface area contributed by atoms with Crippen molar-refractivity contribution in [2.75, 3.05) is 37.6 Å². The Morgan fingerprint density at radius 2 is 1.88 bits per heavy atom. The third kappa shape index (κ3) is 4.56. The Morgan fingerprint density at radius 3 is 2.50 bits per heavy atom. The van der Waals surface area contributed by atoms with E-state index >= 15 is 0 Å². The number of halogens is 2. The summed E-state index contributed by atoms with van der Waals surface area (Å²) in [4.78, 5) is 17.2. The fourth-order valence-electron chi connectivity index (χ4n) is 3.89. The fourth-order valence-corrected chi connectivity index (χ4v) is 3.89. The predicted octanol–water partition coefficient (Wildman–Crippen LogP) is 2.86. The molecule has 1 aromatic rings. The summed E-state index contributed by atoms with van der Waals surface area (Å²) in [6, 6.07) is 8.60. The van der Waals surface area contributed by atoms with E-state index in [2.05, 4.69) is 41.0 Å². The number of carbonyl (C=O) groups is 1. The minimum absolute atomic E-state index is 0. The molecular weight excluding hydrogens is 345 g/mol. The van der Waals surface area contributed by atoms with E-state index in [1.165, 1.54) is 11.3 Å². The van der Waals surface area contributed by atoms with Crippen LogP contribution in [0.25, 0.3) is 0 Å². The SMILES string of the molecule is Cc1cccc(N2CCN(C(=O)[C@@H]3CCC[C@@H]3CN)CC2)c1.Cl.Cl. The first-order chi connectivity index (χ1) is 10.7. The molecular formula is C18H29Cl2N3O. The smallest absolute Gasteiger partial charge is 0.226 e. The van der Waals surface area contributed by atoms with Gasteiger partial charge < -0.3 is 15.5 Å². The molecule has 1 aromatic carbocycles. The molecule has 2 aliphatic rings. The number of amides is 1. The van der Waals surface area contributed by atoms with Crippen molar-refractivity contribution < 1.29 is 4.79 Å². The van der Waals surface area contributed by atoms with Gasteiger partial charge in [-0.25, -0.2) is 0 Å². The summed E-state index contributed by atoms with van der Waals surface area (Å²) >= 11 is 0. The first-order valence-electron chi connectivity index (χ1n) is 8.49. The van der Waals surface area contributed by atoms with Crippen LogP contribution in [0, 0.1) is 18.8 Å². The van der Waals surface area contributed by atoms with Crippen LogP contribution in [-0.4, -0.2) is 43.5 Å². The molecule has 0 aromatic heterocycles. The number of benzene rings is 1. The number of hydrogen-bond donors (Lipinski definition) is 1. The van der Waals surface area contributed by atoms with Gasteiger partial charge in [-0.05, 0) is 49.9 Å². The van der Waals surface area contributed by atoms with Gasteiger partial charge in [-0.1, -0.05) is 18.6 Å². The largest absolute Gasteiger partial charge is 0.368 e. The zero-order chi connectivity index (χ0) is 15.5. The molecule has 2 N–H and O–H groups in total. The van der Waals surface area contributed by atoms with Crippen LogP contribution in [0.3, 0.4) is 0 Å². The number of anilines is 1. The van der Waals surface area contributed by atoms with E-state index in [1.54, 1.807) is 0 Å². The first-order valence-corrected chi connectivity index (χ1v) is 8.49. The highest BCUT2D eigenvalue weighted by molar-refractivity contribution is 5.85. The predicted molar refractivity (Wildman–Crippen MR) is 104 cm³/mol. The Balaban J connectivity index is 0.00000144. The maximum atomic E-state index is 12.7. The van der Waals surface area contributed by atoms with Crippen LogP contribution >= 0.6 is 24.8 Å². The topological polar surface area (TPSA) is 49.6 Å². The molecule has 4 nitrogen and oxygen atoms in total. The second kappa shape index (κ2) is 9.50. The van der Waals surface area contributed by atoms with Crippen molar-refractivity contribution in [1.29, 1.82) is 0 Å². The van der Waals surface area contributed by atoms with E-state index in [9.17, 15) is 4.79 Å². The lowest BCUT2D eigenvalue weighted by atomic mass is 9.94. The zero-order valence-corrected chi connectivity index (χ0v) is 16.0. The van der Waals surface area contributed by atoms with Crippen LogP contribution in [0.15, 0.2) is 24.3 Å². The maximum Gasteiger partial charge on any atom is 0.226 e. The summed E-state index contributed by atoms with van der Waals surface area (Å²) in [5.74, 6) is 0.926. The Morgan fingerprint density at radius 1 is 1.17 bits per heavy atom. The Kier molecular flexibility index (Phi) is 8.34. The molecule has 3 rings (SSSR count). The van der Waals surface area contributed by atoms with Gasteiger partial charge in [0.1, 0.15) is 0 Å². The van der Waals surface area contributed by atoms with Gasteiger partial charge >= 0.3 is 0 Å². The molecule has 24 heavy (non-hydrogen) atoms. The molecule has 0 bridgehead atoms. The second-order valence-electron chi connectivity index (χ2n) is 6.68. The minimum Gasteiger partial charge on any atom is -0.368 e. The standard InChI is InChI=1S/C18H27N3O.2ClH/c1-14-4-2-6-16(12-14)20-8-10-21(11-9-20)18(22)17-7-3-5-15(17)13-19;;/h2,4,6,12,15,17H,3,5,7-11,13,19H2,1H3;2*1H/t15-,17-;;/m1../s1. The van der Waals surface area contributed by atoms with Crippen molar-refractivity contribution >= 4 is 36.4 Å². The molecule has 136 valence electrons. The molecule has 1 aliphatic heterocycles. The van der Waals surface area contributed by atoms with Gasteiger partial charge in [0, 0.05) is 37.8 Å². The lowest BCUT2D eigenvalue weighted by molar-refractivity contribution is -0.136. The highest BCUT2D eigenvalue weighted by atomic mass is 35.5. The number of carbonyl (C=O) groups excluding carboxylic acids is 1. The monoisotopic (exact) mass is 373 g/mol. The molecule has 0 radical (unpaired) electrons. The summed E-state index contributed by atoms with van der Waals surface area (Å²) in [5.41, 5.74) is 8.38. The summed E-state index contributed by atoms with van der Waals surface area (Å²) in [6.07, 6.45) is 3.30. The van der Waals surface area contributed by atoms with Crippen LogP contribution in [0.2, 0.25) is 0 Å². The second-order valence-corrected chi connectivity index (χ2v) is 6.68. The zero-order valence-electron chi connectivity index (χ0n) is 14.3. The molecule has 2 fully saturated rings. The molecule has 6 heteroatoms. The van der Waals surface area contributed by atoms with Crippen LogP contribution in [-0.2, 0) is 4.79 Å². The van der Waals surface area contributed by atoms with Crippen LogP contribution in [0.1, 0.15) is 24.8 Å². The van der Waals surface area contributed by atoms with Crippen molar-refractivity contribution in [3.05, 3.63) is 29.8 Å². The van der Waals surface area contributed by atoms with E-state index in [1.807, 2.05) is 0 Å². The lowest BCUT2D eigenvalue weighted by Crippen LogP contribution is -2.51. The molecule has 1 amide bonds. The average molecular weight is 374 g/mol. The Labute approximate surface area is 157 Å². The number of nitrogens with zero attached hydrogens (tertiary/aromatic N) is 2. The highest BCUT2D eigenvalue weighted by Gasteiger charge is 2.35. The van der Waals surface area contributed by atoms with Crippen molar-refractivity contribution in [3.8, 4) is 0 Å². The first kappa shape index (κ1) is 21.1. The lowest BCUT2D eigenvalue weighted by Gasteiger charge is -2.38. The quantitative estimate of drug-likeness (QED) is 0.885. The van der Waals surface area contributed by atoms with Crippen molar-refractivity contribution in [2.24, 2.45) is 17.6 Å². The summed E-state index contributed by atoms with van der Waals surface area (Å²) in [7, 11) is 0. The molecule has 2 atom stereocenters. The number of rotatable bonds is 3. The minimum atomic E-state index is 0. The van der Waals surface area contributed by atoms with Crippen molar-refractivity contribution in [2.45, 2.75) is 26.2 Å². The normalized spacial score (nSPS) is 23.4. The van der Waals surface area contributed by atoms with Gasteiger partial charge in [-0.2, -0.15) is 0 Å². The summed E-state index contributed by atoms with van der Waals surface area (Å²) in [6.45, 7) is 6.29. The van der Waals surface area contributed by atoms with Crippen LogP contribution in [0.4, 0.5) is 5.69 Å². The van der Waals surface area contributed by atoms with Gasteiger partial charge in [0.25, 0.3) is 0 Å². The molecule has 1 aliphatic carbocycles. The average Bonchev–Trinajstić information content (AvgIpc) is 3.03. The highest BCUT2D eigenvalue weighted by Crippen LogP contribution is 2.32.